The van der Waals surface area contributed by atoms with E-state index in [9.17, 15) is 4.79 Å². The first-order valence-electron chi connectivity index (χ1n) is 8.29. The van der Waals surface area contributed by atoms with Crippen molar-refractivity contribution in [1.82, 2.24) is 9.47 Å². The van der Waals surface area contributed by atoms with E-state index in [1.54, 1.807) is 18.4 Å². The Bertz CT molecular complexity index is 779. The minimum Gasteiger partial charge on any atom is -0.497 e. The molecule has 1 amide bonds. The molecule has 5 nitrogen and oxygen atoms in total. The molecule has 0 aliphatic carbocycles. The lowest BCUT2D eigenvalue weighted by Crippen LogP contribution is -2.27. The first-order valence-corrected chi connectivity index (χ1v) is 9.17. The summed E-state index contributed by atoms with van der Waals surface area (Å²) in [5.74, 6) is 1.10. The van der Waals surface area contributed by atoms with Crippen LogP contribution in [0, 0.1) is 6.92 Å². The van der Waals surface area contributed by atoms with Gasteiger partial charge in [-0.25, -0.2) is 4.99 Å². The van der Waals surface area contributed by atoms with Gasteiger partial charge in [-0.05, 0) is 31.9 Å². The number of ether oxygens (including phenoxy) is 1. The molecule has 0 spiro atoms. The molecule has 0 radical (unpaired) electrons. The number of nitrogens with zero attached hydrogens (tertiary/aromatic N) is 3. The molecule has 1 aromatic heterocycles. The number of benzene rings is 1. The fraction of sp³-hybridized carbons (Fsp3) is 0.444. The second-order valence-corrected chi connectivity index (χ2v) is 6.80. The van der Waals surface area contributed by atoms with Crippen LogP contribution in [0.15, 0.2) is 34.6 Å². The van der Waals surface area contributed by atoms with Gasteiger partial charge in [0, 0.05) is 43.2 Å². The molecule has 0 atom stereocenters. The highest BCUT2D eigenvalue weighted by molar-refractivity contribution is 7.07. The molecule has 1 aromatic carbocycles. The highest BCUT2D eigenvalue weighted by Gasteiger charge is 2.19. The molecule has 24 heavy (non-hydrogen) atoms. The molecule has 0 bridgehead atoms. The molecular weight excluding hydrogens is 322 g/mol. The number of methoxy groups -OCH3 is 1. The van der Waals surface area contributed by atoms with Crippen LogP contribution >= 0.6 is 11.3 Å². The maximum Gasteiger partial charge on any atom is 0.222 e. The summed E-state index contributed by atoms with van der Waals surface area (Å²) in [5.41, 5.74) is 2.09. The zero-order chi connectivity index (χ0) is 16.9. The summed E-state index contributed by atoms with van der Waals surface area (Å²) >= 11 is 1.64. The van der Waals surface area contributed by atoms with Gasteiger partial charge in [-0.3, -0.25) is 4.79 Å². The zero-order valence-corrected chi connectivity index (χ0v) is 15.0. The number of rotatable bonds is 6. The molecule has 3 rings (SSSR count). The second-order valence-electron chi connectivity index (χ2n) is 5.96. The monoisotopic (exact) mass is 345 g/mol. The van der Waals surface area contributed by atoms with Crippen LogP contribution in [-0.4, -0.2) is 35.6 Å². The Balaban J connectivity index is 1.73. The number of hydrogen-bond acceptors (Lipinski definition) is 4. The van der Waals surface area contributed by atoms with E-state index in [4.69, 9.17) is 9.73 Å². The molecule has 0 saturated carbocycles. The number of carbonyl (C=O) groups is 1. The number of thiazole rings is 1. The molecule has 128 valence electrons. The van der Waals surface area contributed by atoms with Crippen molar-refractivity contribution in [3.63, 3.8) is 0 Å². The second kappa shape index (κ2) is 7.66. The number of aromatic nitrogens is 1. The van der Waals surface area contributed by atoms with E-state index in [1.807, 2.05) is 29.2 Å². The zero-order valence-electron chi connectivity index (χ0n) is 14.2. The van der Waals surface area contributed by atoms with Crippen LogP contribution in [0.5, 0.6) is 5.75 Å². The first-order chi connectivity index (χ1) is 11.7. The van der Waals surface area contributed by atoms with Crippen LogP contribution in [0.3, 0.4) is 0 Å². The lowest BCUT2D eigenvalue weighted by Gasteiger charge is -2.15. The normalized spacial score (nSPS) is 15.3. The fourth-order valence-corrected chi connectivity index (χ4v) is 3.85. The third kappa shape index (κ3) is 3.87. The molecule has 1 aliphatic heterocycles. The van der Waals surface area contributed by atoms with Gasteiger partial charge in [0.1, 0.15) is 5.75 Å². The van der Waals surface area contributed by atoms with Gasteiger partial charge < -0.3 is 14.2 Å². The summed E-state index contributed by atoms with van der Waals surface area (Å²) in [4.78, 5) is 19.4. The number of likely N-dealkylation sites (tertiary alicyclic amines) is 1. The third-order valence-corrected chi connectivity index (χ3v) is 5.23. The van der Waals surface area contributed by atoms with Gasteiger partial charge in [-0.15, -0.1) is 11.3 Å². The number of aryl methyl sites for hydroxylation is 1. The average Bonchev–Trinajstić information content (AvgIpc) is 3.15. The molecule has 2 aromatic rings. The van der Waals surface area contributed by atoms with Gasteiger partial charge >= 0.3 is 0 Å². The van der Waals surface area contributed by atoms with E-state index < -0.39 is 0 Å². The smallest absolute Gasteiger partial charge is 0.222 e. The molecule has 2 heterocycles. The van der Waals surface area contributed by atoms with E-state index in [-0.39, 0.29) is 0 Å². The van der Waals surface area contributed by atoms with Crippen molar-refractivity contribution in [3.05, 3.63) is 40.1 Å². The van der Waals surface area contributed by atoms with Crippen LogP contribution in [0.1, 0.15) is 25.0 Å². The van der Waals surface area contributed by atoms with Gasteiger partial charge in [-0.1, -0.05) is 6.07 Å². The van der Waals surface area contributed by atoms with Crippen LogP contribution in [0.25, 0.3) is 0 Å². The van der Waals surface area contributed by atoms with Gasteiger partial charge in [0.05, 0.1) is 12.8 Å². The standard InChI is InChI=1S/C18H23N3O2S/c1-14-13-24-18(19-15-6-3-7-16(12-15)23-2)21(14)11-5-10-20-9-4-8-17(20)22/h3,6-7,12-13H,4-5,8-11H2,1-2H3. The quantitative estimate of drug-likeness (QED) is 0.807. The highest BCUT2D eigenvalue weighted by Crippen LogP contribution is 2.19. The minimum absolute atomic E-state index is 0.295. The van der Waals surface area contributed by atoms with Crippen LogP contribution in [-0.2, 0) is 11.3 Å². The van der Waals surface area contributed by atoms with E-state index in [0.29, 0.717) is 12.3 Å². The van der Waals surface area contributed by atoms with E-state index >= 15 is 0 Å². The number of amides is 1. The minimum atomic E-state index is 0.295. The Morgan fingerprint density at radius 3 is 2.96 bits per heavy atom. The van der Waals surface area contributed by atoms with E-state index in [2.05, 4.69) is 16.9 Å². The van der Waals surface area contributed by atoms with Crippen molar-refractivity contribution in [2.75, 3.05) is 20.2 Å². The largest absolute Gasteiger partial charge is 0.497 e. The summed E-state index contributed by atoms with van der Waals surface area (Å²) in [7, 11) is 1.66. The average molecular weight is 345 g/mol. The van der Waals surface area contributed by atoms with Crippen LogP contribution in [0.2, 0.25) is 0 Å². The molecule has 1 aliphatic rings. The van der Waals surface area contributed by atoms with Crippen molar-refractivity contribution < 1.29 is 9.53 Å². The van der Waals surface area contributed by atoms with Gasteiger partial charge in [0.2, 0.25) is 5.91 Å². The number of hydrogen-bond donors (Lipinski definition) is 0. The van der Waals surface area contributed by atoms with Crippen molar-refractivity contribution in [2.45, 2.75) is 32.7 Å². The Morgan fingerprint density at radius 1 is 1.33 bits per heavy atom. The number of carbonyl (C=O) groups excluding carboxylic acids is 1. The first kappa shape index (κ1) is 16.8. The fourth-order valence-electron chi connectivity index (χ4n) is 2.93. The maximum atomic E-state index is 11.7. The topological polar surface area (TPSA) is 46.8 Å². The summed E-state index contributed by atoms with van der Waals surface area (Å²) in [6, 6.07) is 7.77. The third-order valence-electron chi connectivity index (χ3n) is 4.25. The molecule has 6 heteroatoms. The van der Waals surface area contributed by atoms with Crippen LogP contribution in [0.4, 0.5) is 5.69 Å². The molecule has 1 fully saturated rings. The van der Waals surface area contributed by atoms with Crippen LogP contribution < -0.4 is 9.54 Å². The molecule has 0 unspecified atom stereocenters. The predicted molar refractivity (Wildman–Crippen MR) is 95.7 cm³/mol. The van der Waals surface area contributed by atoms with Crippen molar-refractivity contribution in [3.8, 4) is 5.75 Å². The highest BCUT2D eigenvalue weighted by atomic mass is 32.1. The van der Waals surface area contributed by atoms with Gasteiger partial charge in [0.25, 0.3) is 0 Å². The van der Waals surface area contributed by atoms with E-state index in [0.717, 1.165) is 48.7 Å². The molecular formula is C18H23N3O2S. The summed E-state index contributed by atoms with van der Waals surface area (Å²) in [6.07, 6.45) is 2.66. The maximum absolute atomic E-state index is 11.7. The lowest BCUT2D eigenvalue weighted by atomic mass is 10.3. The van der Waals surface area contributed by atoms with Gasteiger partial charge in [0.15, 0.2) is 4.80 Å². The van der Waals surface area contributed by atoms with Crippen molar-refractivity contribution >= 4 is 22.9 Å². The predicted octanol–water partition coefficient (Wildman–Crippen LogP) is 3.11. The summed E-state index contributed by atoms with van der Waals surface area (Å²) in [5, 5.41) is 2.13. The summed E-state index contributed by atoms with van der Waals surface area (Å²) < 4.78 is 7.49. The SMILES string of the molecule is COc1cccc(N=c2scc(C)n2CCCN2CCCC2=O)c1. The molecule has 0 N–H and O–H groups in total. The lowest BCUT2D eigenvalue weighted by molar-refractivity contribution is -0.127. The van der Waals surface area contributed by atoms with E-state index in [1.165, 1.54) is 5.69 Å². The van der Waals surface area contributed by atoms with Crippen molar-refractivity contribution in [1.29, 1.82) is 0 Å². The van der Waals surface area contributed by atoms with Crippen molar-refractivity contribution in [2.24, 2.45) is 4.99 Å². The Labute approximate surface area is 146 Å². The molecule has 1 saturated heterocycles. The summed E-state index contributed by atoms with van der Waals surface area (Å²) in [6.45, 7) is 4.72. The Kier molecular flexibility index (Phi) is 5.35. The van der Waals surface area contributed by atoms with Gasteiger partial charge in [-0.2, -0.15) is 0 Å². The Hall–Kier alpha value is -2.08. The Morgan fingerprint density at radius 2 is 2.21 bits per heavy atom.